The summed E-state index contributed by atoms with van der Waals surface area (Å²) in [5, 5.41) is 6.66. The van der Waals surface area contributed by atoms with Gasteiger partial charge in [-0.05, 0) is 29.8 Å². The summed E-state index contributed by atoms with van der Waals surface area (Å²) in [7, 11) is 0. The Hall–Kier alpha value is -2.62. The SMILES string of the molecule is [N-]=[N+]=NCc1c(Cl)c(C(F)(F)F)nn1CC(=O)N1CCN(c2ccc(Cl)cc2)CC1. The summed E-state index contributed by atoms with van der Waals surface area (Å²) >= 11 is 11.7. The van der Waals surface area contributed by atoms with Crippen LogP contribution in [0.2, 0.25) is 10.0 Å². The summed E-state index contributed by atoms with van der Waals surface area (Å²) in [5.41, 5.74) is 7.97. The number of hydrogen-bond donors (Lipinski definition) is 0. The number of benzene rings is 1. The number of azide groups is 1. The monoisotopic (exact) mass is 461 g/mol. The number of carbonyl (C=O) groups is 1. The van der Waals surface area contributed by atoms with Crippen LogP contribution in [-0.2, 0) is 24.1 Å². The van der Waals surface area contributed by atoms with Gasteiger partial charge >= 0.3 is 6.18 Å². The van der Waals surface area contributed by atoms with E-state index in [0.717, 1.165) is 10.4 Å². The molecule has 1 aliphatic rings. The number of piperazine rings is 1. The molecule has 0 spiro atoms. The lowest BCUT2D eigenvalue weighted by atomic mass is 10.2. The maximum atomic E-state index is 13.1. The van der Waals surface area contributed by atoms with Crippen molar-refractivity contribution in [2.24, 2.45) is 5.11 Å². The van der Waals surface area contributed by atoms with Crippen LogP contribution >= 0.6 is 23.2 Å². The Labute approximate surface area is 179 Å². The Morgan fingerprint density at radius 2 is 1.80 bits per heavy atom. The quantitative estimate of drug-likeness (QED) is 0.376. The van der Waals surface area contributed by atoms with Crippen LogP contribution in [0.15, 0.2) is 29.4 Å². The first-order valence-electron chi connectivity index (χ1n) is 8.82. The molecule has 0 bridgehead atoms. The molecule has 0 unspecified atom stereocenters. The van der Waals surface area contributed by atoms with E-state index in [4.69, 9.17) is 28.7 Å². The number of hydrogen-bond acceptors (Lipinski definition) is 4. The van der Waals surface area contributed by atoms with Crippen molar-refractivity contribution in [1.29, 1.82) is 0 Å². The number of aromatic nitrogens is 2. The zero-order valence-electron chi connectivity index (χ0n) is 15.5. The molecule has 0 saturated carbocycles. The van der Waals surface area contributed by atoms with Gasteiger partial charge in [0.1, 0.15) is 6.54 Å². The molecular formula is C17H16Cl2F3N7O. The Morgan fingerprint density at radius 1 is 1.17 bits per heavy atom. The smallest absolute Gasteiger partial charge is 0.368 e. The molecule has 30 heavy (non-hydrogen) atoms. The molecule has 1 aromatic carbocycles. The fraction of sp³-hybridized carbons (Fsp3) is 0.412. The molecule has 2 aromatic rings. The van der Waals surface area contributed by atoms with Crippen LogP contribution in [0.25, 0.3) is 10.4 Å². The maximum Gasteiger partial charge on any atom is 0.436 e. The Bertz CT molecular complexity index is 963. The van der Waals surface area contributed by atoms with Crippen LogP contribution in [0, 0.1) is 0 Å². The van der Waals surface area contributed by atoms with E-state index in [1.165, 1.54) is 0 Å². The maximum absolute atomic E-state index is 13.1. The summed E-state index contributed by atoms with van der Waals surface area (Å²) in [6, 6.07) is 7.32. The molecule has 8 nitrogen and oxygen atoms in total. The predicted molar refractivity (Wildman–Crippen MR) is 105 cm³/mol. The molecule has 0 radical (unpaired) electrons. The number of anilines is 1. The van der Waals surface area contributed by atoms with Crippen molar-refractivity contribution in [3.63, 3.8) is 0 Å². The van der Waals surface area contributed by atoms with E-state index in [1.54, 1.807) is 17.0 Å². The Morgan fingerprint density at radius 3 is 2.37 bits per heavy atom. The molecule has 0 N–H and O–H groups in total. The lowest BCUT2D eigenvalue weighted by molar-refractivity contribution is -0.142. The van der Waals surface area contributed by atoms with Gasteiger partial charge in [-0.15, -0.1) is 0 Å². The van der Waals surface area contributed by atoms with Crippen LogP contribution in [0.5, 0.6) is 0 Å². The van der Waals surface area contributed by atoms with Gasteiger partial charge in [-0.3, -0.25) is 9.48 Å². The van der Waals surface area contributed by atoms with Gasteiger partial charge in [0.15, 0.2) is 5.69 Å². The first-order chi connectivity index (χ1) is 14.2. The van der Waals surface area contributed by atoms with Crippen molar-refractivity contribution < 1.29 is 18.0 Å². The summed E-state index contributed by atoms with van der Waals surface area (Å²) in [4.78, 5) is 18.8. The van der Waals surface area contributed by atoms with Gasteiger partial charge in [0.25, 0.3) is 0 Å². The molecule has 1 fully saturated rings. The number of halogens is 5. The molecule has 1 saturated heterocycles. The minimum atomic E-state index is -4.79. The molecule has 0 atom stereocenters. The van der Waals surface area contributed by atoms with E-state index in [-0.39, 0.29) is 5.69 Å². The van der Waals surface area contributed by atoms with Crippen molar-refractivity contribution in [3.8, 4) is 0 Å². The average molecular weight is 462 g/mol. The normalized spacial score (nSPS) is 14.6. The van der Waals surface area contributed by atoms with Gasteiger partial charge in [0, 0.05) is 41.8 Å². The topological polar surface area (TPSA) is 90.1 Å². The molecule has 0 aliphatic carbocycles. The highest BCUT2D eigenvalue weighted by Gasteiger charge is 2.39. The van der Waals surface area contributed by atoms with E-state index < -0.39 is 35.9 Å². The van der Waals surface area contributed by atoms with Gasteiger partial charge in [0.2, 0.25) is 5.91 Å². The van der Waals surface area contributed by atoms with Crippen molar-refractivity contribution in [1.82, 2.24) is 14.7 Å². The van der Waals surface area contributed by atoms with Crippen LogP contribution in [0.3, 0.4) is 0 Å². The fourth-order valence-corrected chi connectivity index (χ4v) is 3.56. The molecule has 160 valence electrons. The van der Waals surface area contributed by atoms with Gasteiger partial charge in [-0.2, -0.15) is 18.3 Å². The highest BCUT2D eigenvalue weighted by Crippen LogP contribution is 2.36. The number of rotatable bonds is 5. The van der Waals surface area contributed by atoms with Gasteiger partial charge < -0.3 is 9.80 Å². The van der Waals surface area contributed by atoms with Crippen LogP contribution < -0.4 is 4.90 Å². The van der Waals surface area contributed by atoms with Crippen molar-refractivity contribution >= 4 is 34.8 Å². The highest BCUT2D eigenvalue weighted by molar-refractivity contribution is 6.32. The van der Waals surface area contributed by atoms with E-state index in [2.05, 4.69) is 20.0 Å². The van der Waals surface area contributed by atoms with Crippen LogP contribution in [0.4, 0.5) is 18.9 Å². The second kappa shape index (κ2) is 9.03. The minimum absolute atomic E-state index is 0.157. The average Bonchev–Trinajstić information content (AvgIpc) is 3.02. The molecule has 1 aromatic heterocycles. The van der Waals surface area contributed by atoms with Crippen molar-refractivity contribution in [2.45, 2.75) is 19.3 Å². The first-order valence-corrected chi connectivity index (χ1v) is 9.58. The highest BCUT2D eigenvalue weighted by atomic mass is 35.5. The van der Waals surface area contributed by atoms with Crippen LogP contribution in [-0.4, -0.2) is 46.8 Å². The van der Waals surface area contributed by atoms with Crippen molar-refractivity contribution in [2.75, 3.05) is 31.1 Å². The minimum Gasteiger partial charge on any atom is -0.368 e. The van der Waals surface area contributed by atoms with Gasteiger partial charge in [0.05, 0.1) is 17.3 Å². The largest absolute Gasteiger partial charge is 0.436 e. The Balaban J connectivity index is 1.70. The zero-order valence-corrected chi connectivity index (χ0v) is 17.0. The number of carbonyl (C=O) groups excluding carboxylic acids is 1. The zero-order chi connectivity index (χ0) is 21.9. The molecular weight excluding hydrogens is 446 g/mol. The Kier molecular flexibility index (Phi) is 6.64. The molecule has 1 amide bonds. The second-order valence-corrected chi connectivity index (χ2v) is 7.31. The summed E-state index contributed by atoms with van der Waals surface area (Å²) < 4.78 is 40.2. The lowest BCUT2D eigenvalue weighted by Crippen LogP contribution is -2.49. The predicted octanol–water partition coefficient (Wildman–Crippen LogP) is 4.37. The first kappa shape index (κ1) is 22.1. The lowest BCUT2D eigenvalue weighted by Gasteiger charge is -2.36. The third-order valence-electron chi connectivity index (χ3n) is 4.65. The molecule has 13 heteroatoms. The van der Waals surface area contributed by atoms with Gasteiger partial charge in [-0.25, -0.2) is 0 Å². The summed E-state index contributed by atoms with van der Waals surface area (Å²) in [6.45, 7) is 1.03. The standard InChI is InChI=1S/C17H16Cl2F3N7O/c18-11-1-3-12(4-2-11)27-5-7-28(8-6-27)14(30)10-29-13(9-24-26-23)15(19)16(25-29)17(20,21)22/h1-4H,5-10H2. The number of alkyl halides is 3. The summed E-state index contributed by atoms with van der Waals surface area (Å²) in [6.07, 6.45) is -4.79. The second-order valence-electron chi connectivity index (χ2n) is 6.50. The third kappa shape index (κ3) is 4.92. The third-order valence-corrected chi connectivity index (χ3v) is 5.30. The van der Waals surface area contributed by atoms with E-state index in [0.29, 0.717) is 31.2 Å². The van der Waals surface area contributed by atoms with E-state index in [9.17, 15) is 18.0 Å². The molecule has 3 rings (SSSR count). The van der Waals surface area contributed by atoms with Gasteiger partial charge in [-0.1, -0.05) is 28.3 Å². The molecule has 1 aliphatic heterocycles. The summed E-state index contributed by atoms with van der Waals surface area (Å²) in [5.74, 6) is -0.402. The van der Waals surface area contributed by atoms with E-state index in [1.807, 2.05) is 12.1 Å². The number of amides is 1. The van der Waals surface area contributed by atoms with Crippen LogP contribution in [0.1, 0.15) is 11.4 Å². The molecule has 2 heterocycles. The van der Waals surface area contributed by atoms with E-state index >= 15 is 0 Å². The fourth-order valence-electron chi connectivity index (χ4n) is 3.13. The number of nitrogens with zero attached hydrogens (tertiary/aromatic N) is 7. The van der Waals surface area contributed by atoms with Crippen molar-refractivity contribution in [3.05, 3.63) is 56.1 Å².